The molecule has 0 saturated heterocycles. The number of carbonyl (C=O) groups is 1. The Morgan fingerprint density at radius 2 is 1.83 bits per heavy atom. The molecule has 124 valence electrons. The normalized spacial score (nSPS) is 15.2. The highest BCUT2D eigenvalue weighted by Crippen LogP contribution is 2.38. The van der Waals surface area contributed by atoms with Gasteiger partial charge in [-0.25, -0.2) is 0 Å². The summed E-state index contributed by atoms with van der Waals surface area (Å²) in [6.45, 7) is 5.10. The molecule has 1 aromatic heterocycles. The maximum Gasteiger partial charge on any atom is 0.304 e. The molecule has 1 N–H and O–H groups in total. The van der Waals surface area contributed by atoms with E-state index in [4.69, 9.17) is 0 Å². The third-order valence-electron chi connectivity index (χ3n) is 5.28. The Morgan fingerprint density at radius 3 is 2.54 bits per heavy atom. The van der Waals surface area contributed by atoms with E-state index in [1.807, 2.05) is 13.8 Å². The molecule has 4 rings (SSSR count). The van der Waals surface area contributed by atoms with Crippen molar-refractivity contribution in [3.63, 3.8) is 0 Å². The molecule has 3 nitrogen and oxygen atoms in total. The molecule has 0 spiro atoms. The van der Waals surface area contributed by atoms with Crippen LogP contribution < -0.4 is 0 Å². The standard InChI is InChI=1S/C21H23NO2/c1-21(2,12-20(23)24)15-9-10-19-17(11-15)16-5-3-4-6-18(16)22(19)13-14-7-8-14/h3-6,9-11,14H,7-8,12-13H2,1-2H3,(H,23,24). The number of nitrogens with zero attached hydrogens (tertiary/aromatic N) is 1. The van der Waals surface area contributed by atoms with E-state index in [1.165, 1.54) is 34.6 Å². The van der Waals surface area contributed by atoms with Crippen LogP contribution in [0.1, 0.15) is 38.7 Å². The fraction of sp³-hybridized carbons (Fsp3) is 0.381. The van der Waals surface area contributed by atoms with Crippen LogP contribution >= 0.6 is 0 Å². The van der Waals surface area contributed by atoms with Crippen molar-refractivity contribution in [2.45, 2.75) is 45.1 Å². The van der Waals surface area contributed by atoms with E-state index >= 15 is 0 Å². The second kappa shape index (κ2) is 5.37. The summed E-state index contributed by atoms with van der Waals surface area (Å²) in [7, 11) is 0. The average Bonchev–Trinajstić information content (AvgIpc) is 3.30. The smallest absolute Gasteiger partial charge is 0.304 e. The first-order valence-corrected chi connectivity index (χ1v) is 8.69. The van der Waals surface area contributed by atoms with Gasteiger partial charge < -0.3 is 9.67 Å². The highest BCUT2D eigenvalue weighted by Gasteiger charge is 2.26. The first-order valence-electron chi connectivity index (χ1n) is 8.69. The number of carboxylic acids is 1. The highest BCUT2D eigenvalue weighted by molar-refractivity contribution is 6.08. The quantitative estimate of drug-likeness (QED) is 0.722. The van der Waals surface area contributed by atoms with Crippen LogP contribution in [0.2, 0.25) is 0 Å². The number of aliphatic carboxylic acids is 1. The summed E-state index contributed by atoms with van der Waals surface area (Å²) >= 11 is 0. The summed E-state index contributed by atoms with van der Waals surface area (Å²) in [5, 5.41) is 11.7. The predicted molar refractivity (Wildman–Crippen MR) is 97.4 cm³/mol. The number of benzene rings is 2. The summed E-state index contributed by atoms with van der Waals surface area (Å²) in [6.07, 6.45) is 2.80. The zero-order chi connectivity index (χ0) is 16.9. The first kappa shape index (κ1) is 15.3. The molecule has 0 atom stereocenters. The lowest BCUT2D eigenvalue weighted by molar-refractivity contribution is -0.138. The van der Waals surface area contributed by atoms with Crippen LogP contribution in [0.5, 0.6) is 0 Å². The van der Waals surface area contributed by atoms with Crippen LogP contribution in [-0.4, -0.2) is 15.6 Å². The summed E-state index contributed by atoms with van der Waals surface area (Å²) in [4.78, 5) is 11.2. The number of aromatic nitrogens is 1. The van der Waals surface area contributed by atoms with Gasteiger partial charge in [-0.3, -0.25) is 4.79 Å². The minimum absolute atomic E-state index is 0.138. The lowest BCUT2D eigenvalue weighted by Gasteiger charge is -2.23. The lowest BCUT2D eigenvalue weighted by atomic mass is 9.81. The number of rotatable bonds is 5. The topological polar surface area (TPSA) is 42.2 Å². The maximum absolute atomic E-state index is 11.2. The van der Waals surface area contributed by atoms with Crippen molar-refractivity contribution in [3.8, 4) is 0 Å². The Morgan fingerprint density at radius 1 is 1.12 bits per heavy atom. The summed E-state index contributed by atoms with van der Waals surface area (Å²) in [5.74, 6) is 0.0587. The van der Waals surface area contributed by atoms with Gasteiger partial charge in [0.2, 0.25) is 0 Å². The number of para-hydroxylation sites is 1. The number of carboxylic acid groups (broad SMARTS) is 1. The van der Waals surface area contributed by atoms with Gasteiger partial charge in [-0.15, -0.1) is 0 Å². The first-order chi connectivity index (χ1) is 11.5. The van der Waals surface area contributed by atoms with Gasteiger partial charge in [-0.05, 0) is 42.5 Å². The Labute approximate surface area is 141 Å². The third kappa shape index (κ3) is 2.58. The van der Waals surface area contributed by atoms with Gasteiger partial charge >= 0.3 is 5.97 Å². The minimum Gasteiger partial charge on any atom is -0.481 e. The van der Waals surface area contributed by atoms with Crippen LogP contribution in [0.25, 0.3) is 21.8 Å². The lowest BCUT2D eigenvalue weighted by Crippen LogP contribution is -2.21. The predicted octanol–water partition coefficient (Wildman–Crippen LogP) is 4.96. The van der Waals surface area contributed by atoms with E-state index in [0.717, 1.165) is 18.0 Å². The van der Waals surface area contributed by atoms with Crippen molar-refractivity contribution in [1.82, 2.24) is 4.57 Å². The molecule has 0 aliphatic heterocycles. The molecular weight excluding hydrogens is 298 g/mol. The average molecular weight is 321 g/mol. The van der Waals surface area contributed by atoms with Gasteiger partial charge in [0.15, 0.2) is 0 Å². The molecule has 1 aliphatic rings. The van der Waals surface area contributed by atoms with Crippen molar-refractivity contribution < 1.29 is 9.90 Å². The zero-order valence-electron chi connectivity index (χ0n) is 14.2. The van der Waals surface area contributed by atoms with E-state index in [2.05, 4.69) is 47.0 Å². The molecule has 1 saturated carbocycles. The summed E-state index contributed by atoms with van der Waals surface area (Å²) < 4.78 is 2.44. The molecule has 3 heteroatoms. The van der Waals surface area contributed by atoms with E-state index in [-0.39, 0.29) is 11.8 Å². The number of fused-ring (bicyclic) bond motifs is 3. The monoisotopic (exact) mass is 321 g/mol. The SMILES string of the molecule is CC(C)(CC(=O)O)c1ccc2c(c1)c1ccccc1n2CC1CC1. The Bertz CT molecular complexity index is 932. The van der Waals surface area contributed by atoms with Gasteiger partial charge in [0, 0.05) is 33.8 Å². The fourth-order valence-corrected chi connectivity index (χ4v) is 3.71. The molecule has 0 bridgehead atoms. The van der Waals surface area contributed by atoms with E-state index in [9.17, 15) is 9.90 Å². The molecule has 3 aromatic rings. The van der Waals surface area contributed by atoms with Crippen molar-refractivity contribution in [3.05, 3.63) is 48.0 Å². The zero-order valence-corrected chi connectivity index (χ0v) is 14.2. The van der Waals surface area contributed by atoms with Crippen molar-refractivity contribution in [2.24, 2.45) is 5.92 Å². The fourth-order valence-electron chi connectivity index (χ4n) is 3.71. The molecule has 24 heavy (non-hydrogen) atoms. The van der Waals surface area contributed by atoms with E-state index < -0.39 is 5.97 Å². The Balaban J connectivity index is 1.90. The second-order valence-corrected chi connectivity index (χ2v) is 7.76. The molecule has 1 heterocycles. The van der Waals surface area contributed by atoms with Gasteiger partial charge in [-0.2, -0.15) is 0 Å². The Kier molecular flexibility index (Phi) is 3.41. The van der Waals surface area contributed by atoms with Crippen molar-refractivity contribution >= 4 is 27.8 Å². The third-order valence-corrected chi connectivity index (χ3v) is 5.28. The molecule has 2 aromatic carbocycles. The molecule has 1 fully saturated rings. The van der Waals surface area contributed by atoms with Gasteiger partial charge in [0.1, 0.15) is 0 Å². The van der Waals surface area contributed by atoms with Crippen LogP contribution in [0.3, 0.4) is 0 Å². The largest absolute Gasteiger partial charge is 0.481 e. The summed E-state index contributed by atoms with van der Waals surface area (Å²) in [6, 6.07) is 15.0. The minimum atomic E-state index is -0.753. The molecule has 1 aliphatic carbocycles. The number of hydrogen-bond acceptors (Lipinski definition) is 1. The van der Waals surface area contributed by atoms with Crippen molar-refractivity contribution in [1.29, 1.82) is 0 Å². The number of hydrogen-bond donors (Lipinski definition) is 1. The van der Waals surface area contributed by atoms with Crippen LogP contribution in [0, 0.1) is 5.92 Å². The van der Waals surface area contributed by atoms with E-state index in [1.54, 1.807) is 0 Å². The van der Waals surface area contributed by atoms with Crippen LogP contribution in [0.15, 0.2) is 42.5 Å². The van der Waals surface area contributed by atoms with Crippen molar-refractivity contribution in [2.75, 3.05) is 0 Å². The molecular formula is C21H23NO2. The molecule has 0 radical (unpaired) electrons. The molecule has 0 amide bonds. The van der Waals surface area contributed by atoms with Crippen LogP contribution in [-0.2, 0) is 16.8 Å². The van der Waals surface area contributed by atoms with Crippen LogP contribution in [0.4, 0.5) is 0 Å². The Hall–Kier alpha value is -2.29. The maximum atomic E-state index is 11.2. The molecule has 0 unspecified atom stereocenters. The van der Waals surface area contributed by atoms with E-state index in [0.29, 0.717) is 0 Å². The van der Waals surface area contributed by atoms with Gasteiger partial charge in [0.25, 0.3) is 0 Å². The second-order valence-electron chi connectivity index (χ2n) is 7.76. The summed E-state index contributed by atoms with van der Waals surface area (Å²) in [5.41, 5.74) is 3.26. The van der Waals surface area contributed by atoms with Gasteiger partial charge in [0.05, 0.1) is 6.42 Å². The van der Waals surface area contributed by atoms with Gasteiger partial charge in [-0.1, -0.05) is 38.1 Å². The highest BCUT2D eigenvalue weighted by atomic mass is 16.4.